The zero-order chi connectivity index (χ0) is 16.1. The Hall–Kier alpha value is -2.24. The van der Waals surface area contributed by atoms with Gasteiger partial charge in [0, 0.05) is 25.1 Å². The van der Waals surface area contributed by atoms with Gasteiger partial charge in [-0.3, -0.25) is 9.80 Å². The number of benzene rings is 2. The molecule has 0 radical (unpaired) electrons. The number of hydrazine groups is 1. The highest BCUT2D eigenvalue weighted by Gasteiger charge is 2.17. The first-order chi connectivity index (χ1) is 11.2. The Morgan fingerprint density at radius 1 is 1.13 bits per heavy atom. The molecule has 3 rings (SSSR count). The number of nitrogens with zero attached hydrogens (tertiary/aromatic N) is 1. The number of para-hydroxylation sites is 1. The third kappa shape index (κ3) is 3.94. The van der Waals surface area contributed by atoms with Gasteiger partial charge in [0.2, 0.25) is 0 Å². The van der Waals surface area contributed by atoms with Crippen LogP contribution in [-0.2, 0) is 6.42 Å². The highest BCUT2D eigenvalue weighted by molar-refractivity contribution is 7.80. The number of ketones is 1. The molecule has 1 saturated heterocycles. The average molecular weight is 325 g/mol. The van der Waals surface area contributed by atoms with Crippen molar-refractivity contribution in [1.82, 2.24) is 10.4 Å². The summed E-state index contributed by atoms with van der Waals surface area (Å²) in [6.45, 7) is 1.81. The number of rotatable bonds is 4. The van der Waals surface area contributed by atoms with Crippen LogP contribution in [-0.4, -0.2) is 29.0 Å². The molecule has 23 heavy (non-hydrogen) atoms. The molecule has 0 amide bonds. The van der Waals surface area contributed by atoms with Crippen molar-refractivity contribution in [3.8, 4) is 0 Å². The van der Waals surface area contributed by atoms with Crippen LogP contribution in [0, 0.1) is 0 Å². The zero-order valence-corrected chi connectivity index (χ0v) is 13.6. The molecule has 2 aromatic carbocycles. The van der Waals surface area contributed by atoms with Crippen molar-refractivity contribution in [1.29, 1.82) is 0 Å². The summed E-state index contributed by atoms with van der Waals surface area (Å²) in [5.41, 5.74) is 5.64. The second-order valence-corrected chi connectivity index (χ2v) is 5.86. The molecule has 0 aromatic heterocycles. The molecule has 2 N–H and O–H groups in total. The number of carbonyl (C=O) groups is 1. The Bertz CT molecular complexity index is 696. The van der Waals surface area contributed by atoms with E-state index in [4.69, 9.17) is 12.2 Å². The van der Waals surface area contributed by atoms with Crippen LogP contribution in [0.4, 0.5) is 5.69 Å². The van der Waals surface area contributed by atoms with Crippen LogP contribution in [0.3, 0.4) is 0 Å². The van der Waals surface area contributed by atoms with Crippen LogP contribution in [0.5, 0.6) is 0 Å². The molecule has 1 aliphatic rings. The molecular weight excluding hydrogens is 306 g/mol. The summed E-state index contributed by atoms with van der Waals surface area (Å²) < 4.78 is 0. The van der Waals surface area contributed by atoms with Gasteiger partial charge < -0.3 is 5.32 Å². The van der Waals surface area contributed by atoms with Crippen LogP contribution < -0.4 is 10.7 Å². The summed E-state index contributed by atoms with van der Waals surface area (Å²) in [5.74, 6) is 0.0801. The fraction of sp³-hybridized carbons (Fsp3) is 0.222. The lowest BCUT2D eigenvalue weighted by Gasteiger charge is -2.20. The Kier molecular flexibility index (Phi) is 5.00. The normalized spacial score (nSPS) is 13.8. The van der Waals surface area contributed by atoms with Crippen LogP contribution in [0.1, 0.15) is 22.3 Å². The lowest BCUT2D eigenvalue weighted by Crippen LogP contribution is -2.40. The average Bonchev–Trinajstić information content (AvgIpc) is 3.11. The third-order valence-corrected chi connectivity index (χ3v) is 4.11. The molecule has 0 unspecified atom stereocenters. The van der Waals surface area contributed by atoms with Crippen molar-refractivity contribution in [3.05, 3.63) is 65.7 Å². The smallest absolute Gasteiger partial charge is 0.187 e. The number of thiocarbonyl (C=S) groups is 1. The summed E-state index contributed by atoms with van der Waals surface area (Å²) in [5, 5.41) is 5.70. The lowest BCUT2D eigenvalue weighted by atomic mass is 10.0. The molecule has 0 bridgehead atoms. The van der Waals surface area contributed by atoms with Crippen molar-refractivity contribution in [2.24, 2.45) is 0 Å². The quantitative estimate of drug-likeness (QED) is 0.668. The minimum Gasteiger partial charge on any atom is -0.331 e. The first-order valence-corrected chi connectivity index (χ1v) is 8.13. The maximum absolute atomic E-state index is 12.6. The van der Waals surface area contributed by atoms with Crippen molar-refractivity contribution >= 4 is 28.8 Å². The number of hydrogen-bond acceptors (Lipinski definition) is 3. The fourth-order valence-electron chi connectivity index (χ4n) is 2.60. The standard InChI is InChI=1S/C18H19N3OS/c22-17(13-14-7-2-1-3-8-14)15-9-4-5-10-16(15)20-18(23)21-12-6-11-19-21/h1-5,7-10,19H,6,11-13H2,(H,20,23). The molecule has 2 aromatic rings. The minimum atomic E-state index is 0.0801. The Morgan fingerprint density at radius 3 is 2.61 bits per heavy atom. The van der Waals surface area contributed by atoms with Crippen LogP contribution in [0.25, 0.3) is 0 Å². The maximum Gasteiger partial charge on any atom is 0.187 e. The lowest BCUT2D eigenvalue weighted by molar-refractivity contribution is 0.0994. The van der Waals surface area contributed by atoms with E-state index in [9.17, 15) is 4.79 Å². The van der Waals surface area contributed by atoms with E-state index < -0.39 is 0 Å². The van der Waals surface area contributed by atoms with Crippen LogP contribution in [0.2, 0.25) is 0 Å². The van der Waals surface area contributed by atoms with Gasteiger partial charge in [-0.05, 0) is 36.3 Å². The molecule has 0 aliphatic carbocycles. The predicted molar refractivity (Wildman–Crippen MR) is 96.5 cm³/mol. The van der Waals surface area contributed by atoms with E-state index in [0.29, 0.717) is 17.1 Å². The van der Waals surface area contributed by atoms with Gasteiger partial charge in [-0.15, -0.1) is 0 Å². The van der Waals surface area contributed by atoms with E-state index in [2.05, 4.69) is 10.7 Å². The van der Waals surface area contributed by atoms with E-state index in [1.54, 1.807) is 0 Å². The molecular formula is C18H19N3OS. The van der Waals surface area contributed by atoms with E-state index in [-0.39, 0.29) is 5.78 Å². The summed E-state index contributed by atoms with van der Waals surface area (Å²) in [7, 11) is 0. The third-order valence-electron chi connectivity index (χ3n) is 3.78. The van der Waals surface area contributed by atoms with Gasteiger partial charge in [-0.1, -0.05) is 42.5 Å². The highest BCUT2D eigenvalue weighted by Crippen LogP contribution is 2.18. The number of hydrogen-bond donors (Lipinski definition) is 2. The Balaban J connectivity index is 1.74. The second kappa shape index (κ2) is 7.35. The summed E-state index contributed by atoms with van der Waals surface area (Å²) in [6, 6.07) is 17.3. The fourth-order valence-corrected chi connectivity index (χ4v) is 2.86. The van der Waals surface area contributed by atoms with E-state index in [1.165, 1.54) is 0 Å². The largest absolute Gasteiger partial charge is 0.331 e. The molecule has 4 nitrogen and oxygen atoms in total. The van der Waals surface area contributed by atoms with Gasteiger partial charge >= 0.3 is 0 Å². The molecule has 118 valence electrons. The minimum absolute atomic E-state index is 0.0801. The topological polar surface area (TPSA) is 44.4 Å². The molecule has 1 aliphatic heterocycles. The van der Waals surface area contributed by atoms with Crippen molar-refractivity contribution in [2.45, 2.75) is 12.8 Å². The summed E-state index contributed by atoms with van der Waals surface area (Å²) in [4.78, 5) is 12.6. The first kappa shape index (κ1) is 15.6. The van der Waals surface area contributed by atoms with Gasteiger partial charge in [0.05, 0.1) is 5.69 Å². The van der Waals surface area contributed by atoms with Crippen LogP contribution in [0.15, 0.2) is 54.6 Å². The Labute approximate surface area is 141 Å². The molecule has 1 fully saturated rings. The van der Waals surface area contributed by atoms with Crippen molar-refractivity contribution in [2.75, 3.05) is 18.4 Å². The molecule has 1 heterocycles. The van der Waals surface area contributed by atoms with E-state index in [1.807, 2.05) is 59.6 Å². The molecule has 0 spiro atoms. The number of nitrogens with one attached hydrogen (secondary N) is 2. The van der Waals surface area contributed by atoms with Gasteiger partial charge in [-0.2, -0.15) is 0 Å². The molecule has 0 saturated carbocycles. The summed E-state index contributed by atoms with van der Waals surface area (Å²) in [6.07, 6.45) is 1.45. The predicted octanol–water partition coefficient (Wildman–Crippen LogP) is 3.02. The number of Topliss-reactive ketones (excluding diaryl/α,β-unsaturated/α-hetero) is 1. The van der Waals surface area contributed by atoms with Gasteiger partial charge in [-0.25, -0.2) is 5.43 Å². The number of anilines is 1. The number of carbonyl (C=O) groups excluding carboxylic acids is 1. The maximum atomic E-state index is 12.6. The van der Waals surface area contributed by atoms with E-state index >= 15 is 0 Å². The van der Waals surface area contributed by atoms with Gasteiger partial charge in [0.25, 0.3) is 0 Å². The molecule has 0 atom stereocenters. The second-order valence-electron chi connectivity index (χ2n) is 5.47. The van der Waals surface area contributed by atoms with Gasteiger partial charge in [0.15, 0.2) is 10.9 Å². The summed E-state index contributed by atoms with van der Waals surface area (Å²) >= 11 is 5.41. The monoisotopic (exact) mass is 325 g/mol. The SMILES string of the molecule is O=C(Cc1ccccc1)c1ccccc1NC(=S)N1CCCN1. The van der Waals surface area contributed by atoms with Crippen molar-refractivity contribution in [3.63, 3.8) is 0 Å². The first-order valence-electron chi connectivity index (χ1n) is 7.72. The zero-order valence-electron chi connectivity index (χ0n) is 12.8. The molecule has 5 heteroatoms. The van der Waals surface area contributed by atoms with Gasteiger partial charge in [0.1, 0.15) is 0 Å². The highest BCUT2D eigenvalue weighted by atomic mass is 32.1. The van der Waals surface area contributed by atoms with Crippen molar-refractivity contribution < 1.29 is 4.79 Å². The van der Waals surface area contributed by atoms with E-state index in [0.717, 1.165) is 30.8 Å². The Morgan fingerprint density at radius 2 is 1.87 bits per heavy atom. The van der Waals surface area contributed by atoms with Crippen LogP contribution >= 0.6 is 12.2 Å².